The van der Waals surface area contributed by atoms with Crippen LogP contribution in [0.25, 0.3) is 0 Å². The maximum Gasteiger partial charge on any atom is 0.344 e. The van der Waals surface area contributed by atoms with E-state index in [-0.39, 0.29) is 31.8 Å². The van der Waals surface area contributed by atoms with Gasteiger partial charge in [0.2, 0.25) is 11.4 Å². The molecule has 0 spiro atoms. The van der Waals surface area contributed by atoms with E-state index in [0.29, 0.717) is 12.0 Å². The lowest BCUT2D eigenvalue weighted by molar-refractivity contribution is -0.178. The Kier molecular flexibility index (Phi) is 9.79. The molecule has 2 aromatic rings. The van der Waals surface area contributed by atoms with Crippen molar-refractivity contribution < 1.29 is 28.7 Å². The van der Waals surface area contributed by atoms with Gasteiger partial charge in [-0.3, -0.25) is 9.59 Å². The number of carbonyl (C=O) groups is 4. The van der Waals surface area contributed by atoms with E-state index >= 15 is 0 Å². The van der Waals surface area contributed by atoms with Crippen LogP contribution in [0.15, 0.2) is 60.7 Å². The fourth-order valence-electron chi connectivity index (χ4n) is 3.53. The molecule has 1 amide bonds. The minimum Gasteiger partial charge on any atom is -0.464 e. The summed E-state index contributed by atoms with van der Waals surface area (Å²) in [4.78, 5) is 52.9. The molecule has 0 saturated carbocycles. The monoisotopic (exact) mass is 453 g/mol. The van der Waals surface area contributed by atoms with Crippen LogP contribution in [-0.2, 0) is 41.5 Å². The fraction of sp³-hybridized carbons (Fsp3) is 0.385. The zero-order valence-electron chi connectivity index (χ0n) is 19.4. The Balaban J connectivity index is 2.28. The van der Waals surface area contributed by atoms with Crippen LogP contribution in [0, 0.1) is 0 Å². The third kappa shape index (κ3) is 6.75. The Morgan fingerprint density at radius 1 is 0.788 bits per heavy atom. The van der Waals surface area contributed by atoms with Crippen LogP contribution < -0.4 is 0 Å². The van der Waals surface area contributed by atoms with E-state index in [1.807, 2.05) is 30.3 Å². The summed E-state index contributed by atoms with van der Waals surface area (Å²) in [7, 11) is 1.34. The summed E-state index contributed by atoms with van der Waals surface area (Å²) in [5.41, 5.74) is -0.402. The molecule has 0 saturated heterocycles. The number of rotatable bonds is 12. The van der Waals surface area contributed by atoms with E-state index in [9.17, 15) is 19.2 Å². The van der Waals surface area contributed by atoms with Crippen LogP contribution in [0.3, 0.4) is 0 Å². The first-order chi connectivity index (χ1) is 15.8. The molecular weight excluding hydrogens is 422 g/mol. The average Bonchev–Trinajstić information content (AvgIpc) is 2.82. The van der Waals surface area contributed by atoms with Crippen molar-refractivity contribution in [2.45, 2.75) is 45.1 Å². The molecule has 0 unspecified atom stereocenters. The highest BCUT2D eigenvalue weighted by Gasteiger charge is 2.54. The van der Waals surface area contributed by atoms with Crippen LogP contribution in [0.1, 0.15) is 37.8 Å². The highest BCUT2D eigenvalue weighted by Crippen LogP contribution is 2.26. The van der Waals surface area contributed by atoms with Crippen LogP contribution in [0.5, 0.6) is 0 Å². The highest BCUT2D eigenvalue weighted by molar-refractivity contribution is 6.10. The van der Waals surface area contributed by atoms with Gasteiger partial charge in [0.25, 0.3) is 0 Å². The van der Waals surface area contributed by atoms with Crippen molar-refractivity contribution in [3.8, 4) is 0 Å². The summed E-state index contributed by atoms with van der Waals surface area (Å²) in [6, 6.07) is 18.3. The van der Waals surface area contributed by atoms with Gasteiger partial charge in [-0.1, -0.05) is 60.7 Å². The lowest BCUT2D eigenvalue weighted by atomic mass is 9.88. The maximum absolute atomic E-state index is 13.1. The normalized spacial score (nSPS) is 10.9. The Bertz CT molecular complexity index is 924. The molecule has 0 bridgehead atoms. The molecule has 7 nitrogen and oxygen atoms in total. The molecule has 0 heterocycles. The summed E-state index contributed by atoms with van der Waals surface area (Å²) < 4.78 is 10.4. The molecule has 176 valence electrons. The van der Waals surface area contributed by atoms with Crippen molar-refractivity contribution in [3.63, 3.8) is 0 Å². The predicted molar refractivity (Wildman–Crippen MR) is 123 cm³/mol. The molecule has 0 aliphatic rings. The topological polar surface area (TPSA) is 90.0 Å². The standard InChI is InChI=1S/C26H31NO6/c1-4-32-24(30)26(25(31)33-5-2,19-21-14-10-7-11-15-21)27(3)23(29)18-22(28)17-16-20-12-8-6-9-13-20/h6-15H,4-5,16-19H2,1-3H3. The lowest BCUT2D eigenvalue weighted by Gasteiger charge is -2.37. The van der Waals surface area contributed by atoms with Gasteiger partial charge in [-0.25, -0.2) is 9.59 Å². The molecule has 7 heteroatoms. The number of ether oxygens (including phenoxy) is 2. The van der Waals surface area contributed by atoms with Gasteiger partial charge in [-0.2, -0.15) is 0 Å². The molecule has 0 fully saturated rings. The van der Waals surface area contributed by atoms with Crippen molar-refractivity contribution in [2.75, 3.05) is 20.3 Å². The number of likely N-dealkylation sites (N-methyl/N-ethyl adjacent to an activating group) is 1. The van der Waals surface area contributed by atoms with Gasteiger partial charge < -0.3 is 14.4 Å². The van der Waals surface area contributed by atoms with Gasteiger partial charge in [0.15, 0.2) is 0 Å². The highest BCUT2D eigenvalue weighted by atomic mass is 16.6. The zero-order valence-corrected chi connectivity index (χ0v) is 19.4. The first-order valence-electron chi connectivity index (χ1n) is 11.1. The first kappa shape index (κ1) is 25.8. The minimum atomic E-state index is -2.04. The number of Topliss-reactive ketones (excluding diaryl/α,β-unsaturated/α-hetero) is 1. The number of nitrogens with zero attached hydrogens (tertiary/aromatic N) is 1. The Morgan fingerprint density at radius 3 is 1.76 bits per heavy atom. The summed E-state index contributed by atoms with van der Waals surface area (Å²) in [6.45, 7) is 3.27. The molecule has 0 atom stereocenters. The van der Waals surface area contributed by atoms with Crippen molar-refractivity contribution >= 4 is 23.6 Å². The van der Waals surface area contributed by atoms with Crippen molar-refractivity contribution in [1.29, 1.82) is 0 Å². The van der Waals surface area contributed by atoms with Crippen LogP contribution >= 0.6 is 0 Å². The quantitative estimate of drug-likeness (QED) is 0.362. The molecular formula is C26H31NO6. The van der Waals surface area contributed by atoms with Crippen LogP contribution in [-0.4, -0.2) is 54.3 Å². The average molecular weight is 454 g/mol. The van der Waals surface area contributed by atoms with E-state index in [0.717, 1.165) is 10.5 Å². The molecule has 33 heavy (non-hydrogen) atoms. The number of hydrogen-bond acceptors (Lipinski definition) is 6. The maximum atomic E-state index is 13.1. The molecule has 0 N–H and O–H groups in total. The van der Waals surface area contributed by atoms with E-state index in [1.165, 1.54) is 7.05 Å². The van der Waals surface area contributed by atoms with E-state index < -0.39 is 29.8 Å². The van der Waals surface area contributed by atoms with Gasteiger partial charge in [0.05, 0.1) is 19.6 Å². The molecule has 0 aliphatic heterocycles. The fourth-order valence-corrected chi connectivity index (χ4v) is 3.53. The van der Waals surface area contributed by atoms with Crippen molar-refractivity contribution in [3.05, 3.63) is 71.8 Å². The smallest absolute Gasteiger partial charge is 0.344 e. The van der Waals surface area contributed by atoms with Gasteiger partial charge in [-0.05, 0) is 31.4 Å². The van der Waals surface area contributed by atoms with E-state index in [1.54, 1.807) is 44.2 Å². The van der Waals surface area contributed by atoms with Crippen LogP contribution in [0.4, 0.5) is 0 Å². The summed E-state index contributed by atoms with van der Waals surface area (Å²) >= 11 is 0. The number of hydrogen-bond donors (Lipinski definition) is 0. The Morgan fingerprint density at radius 2 is 1.27 bits per heavy atom. The first-order valence-corrected chi connectivity index (χ1v) is 11.1. The predicted octanol–water partition coefficient (Wildman–Crippen LogP) is 3.14. The molecule has 2 rings (SSSR count). The molecule has 2 aromatic carbocycles. The van der Waals surface area contributed by atoms with Gasteiger partial charge in [0, 0.05) is 19.9 Å². The largest absolute Gasteiger partial charge is 0.464 e. The number of ketones is 1. The zero-order chi connectivity index (χ0) is 24.3. The second-order valence-corrected chi connectivity index (χ2v) is 7.62. The van der Waals surface area contributed by atoms with E-state index in [2.05, 4.69) is 0 Å². The SMILES string of the molecule is CCOC(=O)C(Cc1ccccc1)(C(=O)OCC)N(C)C(=O)CC(=O)CCc1ccccc1. The summed E-state index contributed by atoms with van der Waals surface area (Å²) in [5, 5.41) is 0. The number of amides is 1. The number of esters is 2. The van der Waals surface area contributed by atoms with Crippen molar-refractivity contribution in [2.24, 2.45) is 0 Å². The Hall–Kier alpha value is -3.48. The number of aryl methyl sites for hydroxylation is 1. The number of carbonyl (C=O) groups excluding carboxylic acids is 4. The lowest BCUT2D eigenvalue weighted by Crippen LogP contribution is -2.63. The van der Waals surface area contributed by atoms with E-state index in [4.69, 9.17) is 9.47 Å². The van der Waals surface area contributed by atoms with Crippen LogP contribution in [0.2, 0.25) is 0 Å². The second-order valence-electron chi connectivity index (χ2n) is 7.62. The molecule has 0 aliphatic carbocycles. The molecule has 0 radical (unpaired) electrons. The molecule has 0 aromatic heterocycles. The van der Waals surface area contributed by atoms with Gasteiger partial charge in [0.1, 0.15) is 5.78 Å². The van der Waals surface area contributed by atoms with Gasteiger partial charge >= 0.3 is 11.9 Å². The van der Waals surface area contributed by atoms with Gasteiger partial charge in [-0.15, -0.1) is 0 Å². The summed E-state index contributed by atoms with van der Waals surface area (Å²) in [5.74, 6) is -2.71. The van der Waals surface area contributed by atoms with Crippen molar-refractivity contribution in [1.82, 2.24) is 4.90 Å². The third-order valence-electron chi connectivity index (χ3n) is 5.36. The Labute approximate surface area is 194 Å². The second kappa shape index (κ2) is 12.5. The number of benzene rings is 2. The summed E-state index contributed by atoms with van der Waals surface area (Å²) in [6.07, 6.45) is 0.111. The third-order valence-corrected chi connectivity index (χ3v) is 5.36. The minimum absolute atomic E-state index is 0.0206.